The second-order valence-electron chi connectivity index (χ2n) is 6.40. The Morgan fingerprint density at radius 3 is 1.68 bits per heavy atom. The highest BCUT2D eigenvalue weighted by Crippen LogP contribution is 2.35. The van der Waals surface area contributed by atoms with E-state index in [1.165, 1.54) is 16.7 Å². The SMILES string of the molecule is Cc1ccc(N(c2ccc(B(O)O)cc2)c2ccc(C)c(C)c2)cc1. The molecule has 0 radical (unpaired) electrons. The van der Waals surface area contributed by atoms with Crippen molar-refractivity contribution >= 4 is 29.6 Å². The van der Waals surface area contributed by atoms with Gasteiger partial charge in [-0.05, 0) is 73.8 Å². The topological polar surface area (TPSA) is 43.7 Å². The smallest absolute Gasteiger partial charge is 0.423 e. The van der Waals surface area contributed by atoms with Crippen LogP contribution in [0.3, 0.4) is 0 Å². The van der Waals surface area contributed by atoms with Crippen molar-refractivity contribution in [3.05, 3.63) is 83.4 Å². The molecule has 0 aliphatic carbocycles. The Morgan fingerprint density at radius 1 is 0.640 bits per heavy atom. The molecule has 25 heavy (non-hydrogen) atoms. The summed E-state index contributed by atoms with van der Waals surface area (Å²) in [6, 6.07) is 22.1. The summed E-state index contributed by atoms with van der Waals surface area (Å²) in [5.41, 5.74) is 7.28. The first-order valence-corrected chi connectivity index (χ1v) is 8.36. The predicted molar refractivity (Wildman–Crippen MR) is 105 cm³/mol. The molecule has 0 aliphatic heterocycles. The Balaban J connectivity index is 2.10. The number of hydrogen-bond donors (Lipinski definition) is 2. The van der Waals surface area contributed by atoms with Crippen LogP contribution in [0.15, 0.2) is 66.7 Å². The lowest BCUT2D eigenvalue weighted by Gasteiger charge is -2.26. The van der Waals surface area contributed by atoms with Crippen molar-refractivity contribution in [2.75, 3.05) is 4.90 Å². The van der Waals surface area contributed by atoms with Gasteiger partial charge < -0.3 is 14.9 Å². The average molecular weight is 331 g/mol. The van der Waals surface area contributed by atoms with Gasteiger partial charge in [-0.15, -0.1) is 0 Å². The van der Waals surface area contributed by atoms with E-state index in [0.29, 0.717) is 5.46 Å². The summed E-state index contributed by atoms with van der Waals surface area (Å²) in [6.07, 6.45) is 0. The Labute approximate surface area is 149 Å². The van der Waals surface area contributed by atoms with Crippen molar-refractivity contribution in [1.82, 2.24) is 0 Å². The van der Waals surface area contributed by atoms with Crippen LogP contribution in [-0.2, 0) is 0 Å². The summed E-state index contributed by atoms with van der Waals surface area (Å²) in [6.45, 7) is 6.28. The molecule has 0 bridgehead atoms. The minimum Gasteiger partial charge on any atom is -0.423 e. The zero-order valence-electron chi connectivity index (χ0n) is 14.8. The van der Waals surface area contributed by atoms with E-state index in [1.807, 2.05) is 12.1 Å². The molecule has 3 aromatic carbocycles. The van der Waals surface area contributed by atoms with Gasteiger partial charge in [0.25, 0.3) is 0 Å². The average Bonchev–Trinajstić information content (AvgIpc) is 2.60. The maximum atomic E-state index is 9.33. The maximum Gasteiger partial charge on any atom is 0.488 e. The molecule has 0 saturated carbocycles. The van der Waals surface area contributed by atoms with E-state index in [0.717, 1.165) is 17.1 Å². The summed E-state index contributed by atoms with van der Waals surface area (Å²) in [5, 5.41) is 18.7. The van der Waals surface area contributed by atoms with Gasteiger partial charge in [0.2, 0.25) is 0 Å². The molecule has 0 aliphatic rings. The zero-order chi connectivity index (χ0) is 18.0. The molecule has 0 spiro atoms. The standard InChI is InChI=1S/C21H22BNO2/c1-15-4-9-19(10-5-15)23(21-11-6-16(2)17(3)14-21)20-12-7-18(8-13-20)22(24)25/h4-14,24-25H,1-3H3. The van der Waals surface area contributed by atoms with Crippen molar-refractivity contribution in [2.45, 2.75) is 20.8 Å². The van der Waals surface area contributed by atoms with Gasteiger partial charge in [0.15, 0.2) is 0 Å². The van der Waals surface area contributed by atoms with E-state index >= 15 is 0 Å². The van der Waals surface area contributed by atoms with Crippen LogP contribution in [0.25, 0.3) is 0 Å². The van der Waals surface area contributed by atoms with E-state index in [2.05, 4.69) is 68.1 Å². The fraction of sp³-hybridized carbons (Fsp3) is 0.143. The molecule has 3 nitrogen and oxygen atoms in total. The molecule has 0 unspecified atom stereocenters. The van der Waals surface area contributed by atoms with Gasteiger partial charge in [-0.2, -0.15) is 0 Å². The molecule has 3 rings (SSSR count). The first kappa shape index (κ1) is 17.3. The Hall–Kier alpha value is -2.56. The number of nitrogens with zero attached hydrogens (tertiary/aromatic N) is 1. The number of aryl methyl sites for hydroxylation is 3. The van der Waals surface area contributed by atoms with Crippen molar-refractivity contribution < 1.29 is 10.0 Å². The van der Waals surface area contributed by atoms with Crippen LogP contribution in [-0.4, -0.2) is 17.2 Å². The molecule has 126 valence electrons. The van der Waals surface area contributed by atoms with Crippen molar-refractivity contribution in [3.8, 4) is 0 Å². The van der Waals surface area contributed by atoms with Crippen molar-refractivity contribution in [3.63, 3.8) is 0 Å². The van der Waals surface area contributed by atoms with E-state index in [-0.39, 0.29) is 0 Å². The molecular formula is C21H22BNO2. The third-order valence-corrected chi connectivity index (χ3v) is 4.49. The first-order chi connectivity index (χ1) is 12.0. The normalized spacial score (nSPS) is 10.6. The van der Waals surface area contributed by atoms with E-state index in [4.69, 9.17) is 0 Å². The zero-order valence-corrected chi connectivity index (χ0v) is 14.8. The molecule has 0 atom stereocenters. The van der Waals surface area contributed by atoms with Crippen LogP contribution in [0, 0.1) is 20.8 Å². The minimum atomic E-state index is -1.46. The summed E-state index contributed by atoms with van der Waals surface area (Å²) in [4.78, 5) is 2.17. The highest BCUT2D eigenvalue weighted by Gasteiger charge is 2.15. The van der Waals surface area contributed by atoms with Crippen LogP contribution >= 0.6 is 0 Å². The third kappa shape index (κ3) is 3.76. The Kier molecular flexibility index (Phi) is 4.93. The molecule has 0 aromatic heterocycles. The monoisotopic (exact) mass is 331 g/mol. The quantitative estimate of drug-likeness (QED) is 0.716. The maximum absolute atomic E-state index is 9.33. The number of anilines is 3. The molecule has 0 saturated heterocycles. The summed E-state index contributed by atoms with van der Waals surface area (Å²) >= 11 is 0. The fourth-order valence-electron chi connectivity index (χ4n) is 2.80. The molecule has 0 amide bonds. The Bertz CT molecular complexity index is 858. The highest BCUT2D eigenvalue weighted by atomic mass is 16.4. The lowest BCUT2D eigenvalue weighted by molar-refractivity contribution is 0.426. The molecule has 3 aromatic rings. The van der Waals surface area contributed by atoms with Crippen molar-refractivity contribution in [1.29, 1.82) is 0 Å². The van der Waals surface area contributed by atoms with Crippen LogP contribution in [0.1, 0.15) is 16.7 Å². The summed E-state index contributed by atoms with van der Waals surface area (Å²) < 4.78 is 0. The predicted octanol–water partition coefficient (Wildman–Crippen LogP) is 3.76. The lowest BCUT2D eigenvalue weighted by atomic mass is 9.80. The van der Waals surface area contributed by atoms with Gasteiger partial charge in [-0.3, -0.25) is 0 Å². The molecule has 4 heteroatoms. The van der Waals surface area contributed by atoms with E-state index in [9.17, 15) is 10.0 Å². The van der Waals surface area contributed by atoms with Gasteiger partial charge in [-0.25, -0.2) is 0 Å². The van der Waals surface area contributed by atoms with Crippen molar-refractivity contribution in [2.24, 2.45) is 0 Å². The van der Waals surface area contributed by atoms with E-state index < -0.39 is 7.12 Å². The fourth-order valence-corrected chi connectivity index (χ4v) is 2.80. The summed E-state index contributed by atoms with van der Waals surface area (Å²) in [5.74, 6) is 0. The number of rotatable bonds is 4. The third-order valence-electron chi connectivity index (χ3n) is 4.49. The lowest BCUT2D eigenvalue weighted by Crippen LogP contribution is -2.29. The Morgan fingerprint density at radius 2 is 1.16 bits per heavy atom. The molecular weight excluding hydrogens is 309 g/mol. The van der Waals surface area contributed by atoms with Gasteiger partial charge in [0.1, 0.15) is 0 Å². The number of benzene rings is 3. The first-order valence-electron chi connectivity index (χ1n) is 8.36. The molecule has 2 N–H and O–H groups in total. The van der Waals surface area contributed by atoms with Crippen LogP contribution in [0.5, 0.6) is 0 Å². The van der Waals surface area contributed by atoms with Crippen LogP contribution < -0.4 is 10.4 Å². The van der Waals surface area contributed by atoms with Crippen LogP contribution in [0.4, 0.5) is 17.1 Å². The largest absolute Gasteiger partial charge is 0.488 e. The van der Waals surface area contributed by atoms with Crippen LogP contribution in [0.2, 0.25) is 0 Å². The summed E-state index contributed by atoms with van der Waals surface area (Å²) in [7, 11) is -1.46. The minimum absolute atomic E-state index is 0.479. The second kappa shape index (κ2) is 7.13. The second-order valence-corrected chi connectivity index (χ2v) is 6.40. The highest BCUT2D eigenvalue weighted by molar-refractivity contribution is 6.58. The van der Waals surface area contributed by atoms with Gasteiger partial charge in [0.05, 0.1) is 0 Å². The number of hydrogen-bond acceptors (Lipinski definition) is 3. The van der Waals surface area contributed by atoms with Gasteiger partial charge in [-0.1, -0.05) is 35.9 Å². The van der Waals surface area contributed by atoms with Gasteiger partial charge >= 0.3 is 7.12 Å². The molecule has 0 fully saturated rings. The molecule has 0 heterocycles. The van der Waals surface area contributed by atoms with E-state index in [1.54, 1.807) is 12.1 Å². The van der Waals surface area contributed by atoms with Gasteiger partial charge in [0, 0.05) is 17.1 Å².